The molecular formula is C24H24N2O3. The van der Waals surface area contributed by atoms with Gasteiger partial charge in [-0.2, -0.15) is 0 Å². The molecule has 0 saturated heterocycles. The Morgan fingerprint density at radius 3 is 2.21 bits per heavy atom. The zero-order chi connectivity index (χ0) is 20.5. The Morgan fingerprint density at radius 2 is 1.48 bits per heavy atom. The monoisotopic (exact) mass is 388 g/mol. The molecule has 0 radical (unpaired) electrons. The summed E-state index contributed by atoms with van der Waals surface area (Å²) >= 11 is 0. The summed E-state index contributed by atoms with van der Waals surface area (Å²) in [4.78, 5) is 24.4. The molecule has 0 spiro atoms. The maximum atomic E-state index is 12.2. The highest BCUT2D eigenvalue weighted by atomic mass is 16.5. The number of amides is 2. The molecule has 5 nitrogen and oxygen atoms in total. The number of benzene rings is 3. The van der Waals surface area contributed by atoms with Crippen LogP contribution in [0.25, 0.3) is 11.1 Å². The first-order chi connectivity index (χ1) is 14.1. The van der Waals surface area contributed by atoms with Crippen molar-refractivity contribution in [2.45, 2.75) is 13.0 Å². The van der Waals surface area contributed by atoms with E-state index >= 15 is 0 Å². The number of hydrogen-bond acceptors (Lipinski definition) is 3. The van der Waals surface area contributed by atoms with Crippen molar-refractivity contribution in [2.24, 2.45) is 0 Å². The predicted octanol–water partition coefficient (Wildman–Crippen LogP) is 3.67. The number of nitrogens with one attached hydrogen (secondary N) is 2. The number of rotatable bonds is 8. The molecule has 3 aromatic carbocycles. The number of carbonyl (C=O) groups is 2. The number of carbonyl (C=O) groups excluding carboxylic acids is 2. The third-order valence-electron chi connectivity index (χ3n) is 4.41. The second-order valence-corrected chi connectivity index (χ2v) is 6.56. The standard InChI is InChI=1S/C24H24N2O3/c1-18(26-24(28)20-12-6-3-7-13-20)23(27)25-16-17-29-22-15-9-8-14-21(22)19-10-4-2-5-11-19/h2-15,18H,16-17H2,1H3,(H,25,27)(H,26,28). The minimum atomic E-state index is -0.640. The summed E-state index contributed by atoms with van der Waals surface area (Å²) in [5.41, 5.74) is 2.60. The van der Waals surface area contributed by atoms with E-state index < -0.39 is 6.04 Å². The lowest BCUT2D eigenvalue weighted by molar-refractivity contribution is -0.122. The molecule has 1 unspecified atom stereocenters. The largest absolute Gasteiger partial charge is 0.491 e. The van der Waals surface area contributed by atoms with Crippen molar-refractivity contribution >= 4 is 11.8 Å². The third-order valence-corrected chi connectivity index (χ3v) is 4.41. The second-order valence-electron chi connectivity index (χ2n) is 6.56. The quantitative estimate of drug-likeness (QED) is 0.579. The first-order valence-electron chi connectivity index (χ1n) is 9.56. The molecule has 0 aromatic heterocycles. The van der Waals surface area contributed by atoms with Crippen molar-refractivity contribution in [3.63, 3.8) is 0 Å². The highest BCUT2D eigenvalue weighted by molar-refractivity contribution is 5.97. The fourth-order valence-corrected chi connectivity index (χ4v) is 2.87. The van der Waals surface area contributed by atoms with Crippen LogP contribution in [0.2, 0.25) is 0 Å². The Hall–Kier alpha value is -3.60. The summed E-state index contributed by atoms with van der Waals surface area (Å²) in [5.74, 6) is 0.230. The zero-order valence-corrected chi connectivity index (χ0v) is 16.3. The van der Waals surface area contributed by atoms with Gasteiger partial charge in [0, 0.05) is 11.1 Å². The number of para-hydroxylation sites is 1. The molecule has 0 fully saturated rings. The Labute approximate surface area is 170 Å². The molecule has 5 heteroatoms. The smallest absolute Gasteiger partial charge is 0.251 e. The van der Waals surface area contributed by atoms with Crippen LogP contribution in [0.15, 0.2) is 84.9 Å². The van der Waals surface area contributed by atoms with Crippen LogP contribution >= 0.6 is 0 Å². The van der Waals surface area contributed by atoms with Crippen LogP contribution in [0.4, 0.5) is 0 Å². The van der Waals surface area contributed by atoms with Gasteiger partial charge in [0.2, 0.25) is 5.91 Å². The van der Waals surface area contributed by atoms with Crippen molar-refractivity contribution in [3.05, 3.63) is 90.5 Å². The molecule has 0 aliphatic heterocycles. The van der Waals surface area contributed by atoms with Gasteiger partial charge in [0.1, 0.15) is 18.4 Å². The lowest BCUT2D eigenvalue weighted by Gasteiger charge is -2.15. The molecule has 0 heterocycles. The van der Waals surface area contributed by atoms with E-state index in [2.05, 4.69) is 10.6 Å². The third kappa shape index (κ3) is 5.69. The van der Waals surface area contributed by atoms with Gasteiger partial charge in [-0.05, 0) is 30.7 Å². The molecule has 29 heavy (non-hydrogen) atoms. The lowest BCUT2D eigenvalue weighted by atomic mass is 10.1. The van der Waals surface area contributed by atoms with E-state index in [0.29, 0.717) is 18.7 Å². The molecule has 0 saturated carbocycles. The van der Waals surface area contributed by atoms with Crippen LogP contribution < -0.4 is 15.4 Å². The summed E-state index contributed by atoms with van der Waals surface area (Å²) in [6, 6.07) is 26.0. The minimum absolute atomic E-state index is 0.255. The van der Waals surface area contributed by atoms with Crippen LogP contribution in [-0.2, 0) is 4.79 Å². The lowest BCUT2D eigenvalue weighted by Crippen LogP contribution is -2.45. The number of hydrogen-bond donors (Lipinski definition) is 2. The van der Waals surface area contributed by atoms with Crippen LogP contribution in [0.1, 0.15) is 17.3 Å². The van der Waals surface area contributed by atoms with Crippen LogP contribution in [0.5, 0.6) is 5.75 Å². The second kappa shape index (κ2) is 10.1. The number of ether oxygens (including phenoxy) is 1. The van der Waals surface area contributed by atoms with Crippen LogP contribution in [-0.4, -0.2) is 31.0 Å². The van der Waals surface area contributed by atoms with Crippen molar-refractivity contribution in [3.8, 4) is 16.9 Å². The van der Waals surface area contributed by atoms with E-state index in [4.69, 9.17) is 4.74 Å². The van der Waals surface area contributed by atoms with E-state index in [0.717, 1.165) is 16.9 Å². The van der Waals surface area contributed by atoms with E-state index in [-0.39, 0.29) is 11.8 Å². The zero-order valence-electron chi connectivity index (χ0n) is 16.3. The molecule has 0 aliphatic carbocycles. The molecule has 1 atom stereocenters. The van der Waals surface area contributed by atoms with E-state index in [1.165, 1.54) is 0 Å². The fraction of sp³-hybridized carbons (Fsp3) is 0.167. The average Bonchev–Trinajstić information content (AvgIpc) is 2.78. The maximum absolute atomic E-state index is 12.2. The highest BCUT2D eigenvalue weighted by Gasteiger charge is 2.16. The molecule has 3 aromatic rings. The van der Waals surface area contributed by atoms with Gasteiger partial charge in [0.25, 0.3) is 5.91 Å². The van der Waals surface area contributed by atoms with Crippen LogP contribution in [0, 0.1) is 0 Å². The highest BCUT2D eigenvalue weighted by Crippen LogP contribution is 2.29. The van der Waals surface area contributed by atoms with Gasteiger partial charge >= 0.3 is 0 Å². The van der Waals surface area contributed by atoms with E-state index in [1.807, 2.05) is 60.7 Å². The van der Waals surface area contributed by atoms with Gasteiger partial charge in [-0.3, -0.25) is 9.59 Å². The van der Waals surface area contributed by atoms with Crippen molar-refractivity contribution < 1.29 is 14.3 Å². The van der Waals surface area contributed by atoms with Crippen molar-refractivity contribution in [1.29, 1.82) is 0 Å². The van der Waals surface area contributed by atoms with Gasteiger partial charge in [0.15, 0.2) is 0 Å². The molecule has 2 N–H and O–H groups in total. The fourth-order valence-electron chi connectivity index (χ4n) is 2.87. The van der Waals surface area contributed by atoms with Gasteiger partial charge < -0.3 is 15.4 Å². The summed E-state index contributed by atoms with van der Waals surface area (Å²) in [7, 11) is 0. The SMILES string of the molecule is CC(NC(=O)c1ccccc1)C(=O)NCCOc1ccccc1-c1ccccc1. The summed E-state index contributed by atoms with van der Waals surface area (Å²) < 4.78 is 5.87. The van der Waals surface area contributed by atoms with E-state index in [1.54, 1.807) is 31.2 Å². The summed E-state index contributed by atoms with van der Waals surface area (Å²) in [6.45, 7) is 2.32. The summed E-state index contributed by atoms with van der Waals surface area (Å²) in [5, 5.41) is 5.48. The van der Waals surface area contributed by atoms with Gasteiger partial charge in [-0.1, -0.05) is 66.7 Å². The summed E-state index contributed by atoms with van der Waals surface area (Å²) in [6.07, 6.45) is 0. The van der Waals surface area contributed by atoms with Crippen molar-refractivity contribution in [1.82, 2.24) is 10.6 Å². The first-order valence-corrected chi connectivity index (χ1v) is 9.56. The first kappa shape index (κ1) is 20.1. The topological polar surface area (TPSA) is 67.4 Å². The predicted molar refractivity (Wildman–Crippen MR) is 114 cm³/mol. The molecule has 0 bridgehead atoms. The maximum Gasteiger partial charge on any atom is 0.251 e. The van der Waals surface area contributed by atoms with Gasteiger partial charge in [-0.15, -0.1) is 0 Å². The molecule has 0 aliphatic rings. The van der Waals surface area contributed by atoms with Gasteiger partial charge in [-0.25, -0.2) is 0 Å². The average molecular weight is 388 g/mol. The Bertz CT molecular complexity index is 943. The van der Waals surface area contributed by atoms with Gasteiger partial charge in [0.05, 0.1) is 6.54 Å². The van der Waals surface area contributed by atoms with Crippen LogP contribution in [0.3, 0.4) is 0 Å². The molecule has 3 rings (SSSR count). The Morgan fingerprint density at radius 1 is 0.862 bits per heavy atom. The van der Waals surface area contributed by atoms with Crippen molar-refractivity contribution in [2.75, 3.05) is 13.2 Å². The molecular weight excluding hydrogens is 364 g/mol. The Balaban J connectivity index is 1.47. The van der Waals surface area contributed by atoms with E-state index in [9.17, 15) is 9.59 Å². The minimum Gasteiger partial charge on any atom is -0.491 e. The molecule has 148 valence electrons. The Kier molecular flexibility index (Phi) is 7.00. The molecule has 2 amide bonds. The normalized spacial score (nSPS) is 11.3.